The highest BCUT2D eigenvalue weighted by molar-refractivity contribution is 7.88. The lowest BCUT2D eigenvalue weighted by Crippen LogP contribution is -2.41. The molecule has 0 saturated heterocycles. The lowest BCUT2D eigenvalue weighted by atomic mass is 9.92. The molecular formula is C8H18N2O2S. The highest BCUT2D eigenvalue weighted by Crippen LogP contribution is 2.22. The second-order valence-electron chi connectivity index (χ2n) is 3.85. The van der Waals surface area contributed by atoms with Gasteiger partial charge in [0.15, 0.2) is 0 Å². The summed E-state index contributed by atoms with van der Waals surface area (Å²) in [5.74, 6) is 0. The van der Waals surface area contributed by atoms with E-state index < -0.39 is 10.0 Å². The van der Waals surface area contributed by atoms with Crippen LogP contribution in [0.3, 0.4) is 0 Å². The molecule has 0 aromatic heterocycles. The number of hydrogen-bond acceptors (Lipinski definition) is 3. The average molecular weight is 206 g/mol. The van der Waals surface area contributed by atoms with Crippen molar-refractivity contribution in [2.45, 2.75) is 37.8 Å². The van der Waals surface area contributed by atoms with Crippen LogP contribution in [0.2, 0.25) is 0 Å². The summed E-state index contributed by atoms with van der Waals surface area (Å²) in [6.07, 6.45) is 4.91. The van der Waals surface area contributed by atoms with E-state index in [1.165, 1.54) is 10.6 Å². The molecule has 1 aliphatic rings. The van der Waals surface area contributed by atoms with Crippen LogP contribution >= 0.6 is 0 Å². The van der Waals surface area contributed by atoms with Gasteiger partial charge in [0.1, 0.15) is 0 Å². The lowest BCUT2D eigenvalue weighted by molar-refractivity contribution is 0.270. The van der Waals surface area contributed by atoms with Crippen molar-refractivity contribution in [1.29, 1.82) is 0 Å². The Morgan fingerprint density at radius 2 is 1.69 bits per heavy atom. The fourth-order valence-electron chi connectivity index (χ4n) is 1.74. The summed E-state index contributed by atoms with van der Waals surface area (Å²) in [6, 6.07) is 0.430. The van der Waals surface area contributed by atoms with Gasteiger partial charge >= 0.3 is 0 Å². The van der Waals surface area contributed by atoms with Crippen LogP contribution in [0.1, 0.15) is 25.7 Å². The minimum absolute atomic E-state index is 0.162. The summed E-state index contributed by atoms with van der Waals surface area (Å²) < 4.78 is 23.9. The summed E-state index contributed by atoms with van der Waals surface area (Å²) in [7, 11) is -1.38. The largest absolute Gasteiger partial charge is 0.328 e. The molecular weight excluding hydrogens is 188 g/mol. The SMILES string of the molecule is CN([C@H]1CC[C@H](N)CC1)S(C)(=O)=O. The number of hydrogen-bond donors (Lipinski definition) is 1. The van der Waals surface area contributed by atoms with Crippen molar-refractivity contribution in [2.75, 3.05) is 13.3 Å². The van der Waals surface area contributed by atoms with Gasteiger partial charge in [0.25, 0.3) is 0 Å². The first-order valence-electron chi connectivity index (χ1n) is 4.60. The molecule has 0 aliphatic heterocycles. The molecule has 78 valence electrons. The van der Waals surface area contributed by atoms with Gasteiger partial charge in [-0.3, -0.25) is 0 Å². The molecule has 1 saturated carbocycles. The van der Waals surface area contributed by atoms with Crippen LogP contribution in [-0.2, 0) is 10.0 Å². The summed E-state index contributed by atoms with van der Waals surface area (Å²) in [4.78, 5) is 0. The molecule has 0 aromatic rings. The van der Waals surface area contributed by atoms with Crippen LogP contribution in [0, 0.1) is 0 Å². The van der Waals surface area contributed by atoms with E-state index in [0.717, 1.165) is 25.7 Å². The fraction of sp³-hybridized carbons (Fsp3) is 1.00. The van der Waals surface area contributed by atoms with E-state index in [9.17, 15) is 8.42 Å². The molecule has 1 aliphatic carbocycles. The molecule has 5 heteroatoms. The molecule has 0 heterocycles. The zero-order chi connectivity index (χ0) is 10.1. The third-order valence-corrected chi connectivity index (χ3v) is 4.12. The van der Waals surface area contributed by atoms with E-state index in [-0.39, 0.29) is 12.1 Å². The fourth-order valence-corrected chi connectivity index (χ4v) is 2.49. The van der Waals surface area contributed by atoms with Crippen LogP contribution in [0.5, 0.6) is 0 Å². The van der Waals surface area contributed by atoms with Crippen molar-refractivity contribution in [3.63, 3.8) is 0 Å². The van der Waals surface area contributed by atoms with Crippen LogP contribution in [0.4, 0.5) is 0 Å². The highest BCUT2D eigenvalue weighted by Gasteiger charge is 2.26. The maximum atomic E-state index is 11.2. The maximum Gasteiger partial charge on any atom is 0.211 e. The first kappa shape index (κ1) is 10.9. The average Bonchev–Trinajstić information content (AvgIpc) is 2.03. The molecule has 1 rings (SSSR count). The molecule has 0 unspecified atom stereocenters. The van der Waals surface area contributed by atoms with Crippen molar-refractivity contribution in [1.82, 2.24) is 4.31 Å². The second-order valence-corrected chi connectivity index (χ2v) is 5.89. The van der Waals surface area contributed by atoms with Gasteiger partial charge in [-0.1, -0.05) is 0 Å². The van der Waals surface area contributed by atoms with E-state index in [4.69, 9.17) is 5.73 Å². The Labute approximate surface area is 80.1 Å². The first-order valence-corrected chi connectivity index (χ1v) is 6.44. The zero-order valence-electron chi connectivity index (χ0n) is 8.23. The van der Waals surface area contributed by atoms with Crippen LogP contribution in [0.15, 0.2) is 0 Å². The Bertz CT molecular complexity index is 255. The quantitative estimate of drug-likeness (QED) is 0.699. The summed E-state index contributed by atoms with van der Waals surface area (Å²) in [6.45, 7) is 0. The minimum Gasteiger partial charge on any atom is -0.328 e. The molecule has 0 spiro atoms. The van der Waals surface area contributed by atoms with E-state index in [2.05, 4.69) is 0 Å². The van der Waals surface area contributed by atoms with Crippen LogP contribution in [-0.4, -0.2) is 38.1 Å². The third kappa shape index (κ3) is 2.93. The standard InChI is InChI=1S/C8H18N2O2S/c1-10(13(2,11)12)8-5-3-7(9)4-6-8/h7-8H,3-6,9H2,1-2H3/t7-,8-. The van der Waals surface area contributed by atoms with Gasteiger partial charge < -0.3 is 5.73 Å². The van der Waals surface area contributed by atoms with Gasteiger partial charge in [-0.05, 0) is 25.7 Å². The van der Waals surface area contributed by atoms with E-state index in [1.807, 2.05) is 0 Å². The highest BCUT2D eigenvalue weighted by atomic mass is 32.2. The predicted octanol–water partition coefficient (Wildman–Crippen LogP) is 0.148. The number of nitrogens with two attached hydrogens (primary N) is 1. The monoisotopic (exact) mass is 206 g/mol. The van der Waals surface area contributed by atoms with E-state index in [1.54, 1.807) is 7.05 Å². The summed E-state index contributed by atoms with van der Waals surface area (Å²) in [5, 5.41) is 0. The van der Waals surface area contributed by atoms with Gasteiger partial charge in [-0.15, -0.1) is 0 Å². The van der Waals surface area contributed by atoms with Gasteiger partial charge in [0, 0.05) is 19.1 Å². The maximum absolute atomic E-state index is 11.2. The molecule has 0 aromatic carbocycles. The first-order chi connectivity index (χ1) is 5.91. The Morgan fingerprint density at radius 3 is 2.08 bits per heavy atom. The molecule has 0 radical (unpaired) electrons. The Morgan fingerprint density at radius 1 is 1.23 bits per heavy atom. The molecule has 0 bridgehead atoms. The number of sulfonamides is 1. The van der Waals surface area contributed by atoms with Gasteiger partial charge in [-0.2, -0.15) is 0 Å². The van der Waals surface area contributed by atoms with Crippen molar-refractivity contribution in [3.8, 4) is 0 Å². The topological polar surface area (TPSA) is 63.4 Å². The van der Waals surface area contributed by atoms with Gasteiger partial charge in [-0.25, -0.2) is 12.7 Å². The Balaban J connectivity index is 2.55. The molecule has 2 N–H and O–H groups in total. The van der Waals surface area contributed by atoms with Crippen molar-refractivity contribution < 1.29 is 8.42 Å². The molecule has 0 amide bonds. The van der Waals surface area contributed by atoms with Gasteiger partial charge in [0.05, 0.1) is 6.26 Å². The smallest absolute Gasteiger partial charge is 0.211 e. The third-order valence-electron chi connectivity index (χ3n) is 2.78. The van der Waals surface area contributed by atoms with E-state index >= 15 is 0 Å². The van der Waals surface area contributed by atoms with Gasteiger partial charge in [0.2, 0.25) is 10.0 Å². The Hall–Kier alpha value is -0.130. The zero-order valence-corrected chi connectivity index (χ0v) is 9.05. The second kappa shape index (κ2) is 3.94. The van der Waals surface area contributed by atoms with Crippen molar-refractivity contribution >= 4 is 10.0 Å². The Kier molecular flexibility index (Phi) is 3.32. The summed E-state index contributed by atoms with van der Waals surface area (Å²) in [5.41, 5.74) is 5.74. The molecule has 0 atom stereocenters. The van der Waals surface area contributed by atoms with Crippen molar-refractivity contribution in [3.05, 3.63) is 0 Å². The lowest BCUT2D eigenvalue weighted by Gasteiger charge is -2.31. The molecule has 1 fully saturated rings. The van der Waals surface area contributed by atoms with Crippen molar-refractivity contribution in [2.24, 2.45) is 5.73 Å². The summed E-state index contributed by atoms with van der Waals surface area (Å²) >= 11 is 0. The van der Waals surface area contributed by atoms with Crippen LogP contribution < -0.4 is 5.73 Å². The number of rotatable bonds is 2. The minimum atomic E-state index is -3.03. The van der Waals surface area contributed by atoms with Crippen LogP contribution in [0.25, 0.3) is 0 Å². The molecule has 4 nitrogen and oxygen atoms in total. The normalized spacial score (nSPS) is 30.8. The number of nitrogens with zero attached hydrogens (tertiary/aromatic N) is 1. The predicted molar refractivity (Wildman–Crippen MR) is 52.8 cm³/mol. The molecule has 13 heavy (non-hydrogen) atoms. The van der Waals surface area contributed by atoms with E-state index in [0.29, 0.717) is 0 Å².